The molecule has 0 N–H and O–H groups in total. The lowest BCUT2D eigenvalue weighted by molar-refractivity contribution is -0.119. The quantitative estimate of drug-likeness (QED) is 0.290. The van der Waals surface area contributed by atoms with Crippen LogP contribution in [0.5, 0.6) is 0 Å². The van der Waals surface area contributed by atoms with E-state index in [9.17, 15) is 18.4 Å². The maximum absolute atomic E-state index is 14.7. The number of amides is 2. The number of nitrogens with zero attached hydrogens (tertiary/aromatic N) is 5. The third-order valence-electron chi connectivity index (χ3n) is 4.99. The maximum atomic E-state index is 14.7. The van der Waals surface area contributed by atoms with Crippen LogP contribution in [0.25, 0.3) is 11.0 Å². The number of anilines is 1. The number of morpholine rings is 1. The van der Waals surface area contributed by atoms with Crippen LogP contribution in [-0.2, 0) is 14.3 Å². The molecule has 1 aromatic heterocycles. The van der Waals surface area contributed by atoms with E-state index < -0.39 is 35.9 Å². The maximum Gasteiger partial charge on any atom is 0.411 e. The third-order valence-corrected chi connectivity index (χ3v) is 5.91. The van der Waals surface area contributed by atoms with Crippen LogP contribution in [-0.4, -0.2) is 57.7 Å². The summed E-state index contributed by atoms with van der Waals surface area (Å²) in [5.41, 5.74) is -1.06. The van der Waals surface area contributed by atoms with Crippen molar-refractivity contribution >= 4 is 51.8 Å². The van der Waals surface area contributed by atoms with E-state index in [2.05, 4.69) is 4.98 Å². The molecule has 1 saturated heterocycles. The van der Waals surface area contributed by atoms with Gasteiger partial charge >= 0.3 is 6.09 Å². The van der Waals surface area contributed by atoms with E-state index in [0.717, 1.165) is 26.6 Å². The van der Waals surface area contributed by atoms with Gasteiger partial charge in [0.15, 0.2) is 18.4 Å². The molecule has 0 unspecified atom stereocenters. The van der Waals surface area contributed by atoms with E-state index in [4.69, 9.17) is 14.7 Å². The Morgan fingerprint density at radius 3 is 2.72 bits per heavy atom. The molecular weight excluding hydrogens is 539 g/mol. The van der Waals surface area contributed by atoms with E-state index in [1.807, 2.05) is 6.92 Å². The van der Waals surface area contributed by atoms with Crippen molar-refractivity contribution in [1.29, 1.82) is 5.26 Å². The van der Waals surface area contributed by atoms with Gasteiger partial charge in [-0.05, 0) is 12.5 Å². The summed E-state index contributed by atoms with van der Waals surface area (Å²) in [4.78, 5) is 32.0. The molecule has 2 aromatic rings. The van der Waals surface area contributed by atoms with Crippen molar-refractivity contribution in [2.75, 3.05) is 37.9 Å². The summed E-state index contributed by atoms with van der Waals surface area (Å²) >= 11 is 1.68. The monoisotopic (exact) mass is 561 g/mol. The normalized spacial score (nSPS) is 13.8. The number of unbranched alkanes of at least 4 members (excludes halogenated alkanes) is 2. The Balaban J connectivity index is 1.92. The molecule has 1 aliphatic heterocycles. The summed E-state index contributed by atoms with van der Waals surface area (Å²) in [5, 5.41) is 9.06. The van der Waals surface area contributed by atoms with Crippen LogP contribution in [0.3, 0.4) is 0 Å². The summed E-state index contributed by atoms with van der Waals surface area (Å²) < 4.78 is 40.9. The first kappa shape index (κ1) is 24.1. The molecule has 9 nitrogen and oxygen atoms in total. The topological polar surface area (TPSA) is 101 Å². The van der Waals surface area contributed by atoms with Gasteiger partial charge in [0.05, 0.1) is 41.6 Å². The molecule has 0 bridgehead atoms. The SMILES string of the molecule is CCCCCC(=O)N(COC(=O)N1CCOCC1)c1nc2c(F)cc(C#N)c(F)c2n1I. The highest BCUT2D eigenvalue weighted by Gasteiger charge is 2.28. The molecule has 2 amide bonds. The predicted octanol–water partition coefficient (Wildman–Crippen LogP) is 3.72. The molecule has 2 heterocycles. The fourth-order valence-corrected chi connectivity index (χ4v) is 4.05. The van der Waals surface area contributed by atoms with Crippen LogP contribution in [0.4, 0.5) is 19.5 Å². The second kappa shape index (κ2) is 10.9. The number of imidazole rings is 1. The molecule has 3 rings (SSSR count). The Kier molecular flexibility index (Phi) is 8.19. The molecule has 0 saturated carbocycles. The van der Waals surface area contributed by atoms with E-state index in [1.54, 1.807) is 28.9 Å². The number of carbonyl (C=O) groups is 2. The van der Waals surface area contributed by atoms with Crippen molar-refractivity contribution in [3.05, 3.63) is 23.3 Å². The lowest BCUT2D eigenvalue weighted by atomic mass is 10.2. The van der Waals surface area contributed by atoms with E-state index in [0.29, 0.717) is 32.7 Å². The van der Waals surface area contributed by atoms with Crippen LogP contribution in [0, 0.1) is 23.0 Å². The van der Waals surface area contributed by atoms with Gasteiger partial charge in [0.2, 0.25) is 11.9 Å². The van der Waals surface area contributed by atoms with Crippen molar-refractivity contribution in [1.82, 2.24) is 12.7 Å². The third kappa shape index (κ3) is 5.09. The smallest absolute Gasteiger partial charge is 0.411 e. The number of fused-ring (bicyclic) bond motifs is 1. The van der Waals surface area contributed by atoms with Crippen molar-refractivity contribution in [3.63, 3.8) is 0 Å². The number of hydrogen-bond acceptors (Lipinski definition) is 6. The average Bonchev–Trinajstić information content (AvgIpc) is 3.14. The van der Waals surface area contributed by atoms with Gasteiger partial charge in [-0.1, -0.05) is 19.8 Å². The van der Waals surface area contributed by atoms with Gasteiger partial charge in [0, 0.05) is 19.5 Å². The van der Waals surface area contributed by atoms with Crippen LogP contribution in [0.15, 0.2) is 6.07 Å². The van der Waals surface area contributed by atoms with Crippen molar-refractivity contribution in [2.45, 2.75) is 32.6 Å². The number of halogens is 3. The number of aromatic nitrogens is 2. The molecule has 0 aliphatic carbocycles. The van der Waals surface area contributed by atoms with Crippen LogP contribution in [0.1, 0.15) is 38.2 Å². The second-order valence-corrected chi connectivity index (χ2v) is 8.10. The Morgan fingerprint density at radius 1 is 1.34 bits per heavy atom. The second-order valence-electron chi connectivity index (χ2n) is 7.14. The minimum absolute atomic E-state index is 0.0928. The lowest BCUT2D eigenvalue weighted by Crippen LogP contribution is -2.43. The summed E-state index contributed by atoms with van der Waals surface area (Å²) in [6.07, 6.45) is 1.85. The molecule has 32 heavy (non-hydrogen) atoms. The first-order valence-electron chi connectivity index (χ1n) is 10.2. The first-order valence-corrected chi connectivity index (χ1v) is 11.1. The Morgan fingerprint density at radius 2 is 2.06 bits per heavy atom. The summed E-state index contributed by atoms with van der Waals surface area (Å²) in [5.74, 6) is -2.33. The van der Waals surface area contributed by atoms with E-state index in [1.165, 1.54) is 4.90 Å². The van der Waals surface area contributed by atoms with Crippen LogP contribution >= 0.6 is 22.9 Å². The number of nitriles is 1. The van der Waals surface area contributed by atoms with Gasteiger partial charge in [-0.2, -0.15) is 5.26 Å². The molecule has 0 atom stereocenters. The largest absolute Gasteiger partial charge is 0.427 e. The van der Waals surface area contributed by atoms with Gasteiger partial charge in [0.1, 0.15) is 17.1 Å². The fraction of sp³-hybridized carbons (Fsp3) is 0.500. The van der Waals surface area contributed by atoms with Crippen molar-refractivity contribution < 1.29 is 27.8 Å². The van der Waals surface area contributed by atoms with Gasteiger partial charge in [-0.15, -0.1) is 0 Å². The van der Waals surface area contributed by atoms with Gasteiger partial charge in [-0.3, -0.25) is 4.79 Å². The lowest BCUT2D eigenvalue weighted by Gasteiger charge is -2.27. The number of ether oxygens (including phenoxy) is 2. The zero-order valence-corrected chi connectivity index (χ0v) is 19.6. The van der Waals surface area contributed by atoms with Gasteiger partial charge in [0.25, 0.3) is 0 Å². The van der Waals surface area contributed by atoms with E-state index >= 15 is 0 Å². The fourth-order valence-electron chi connectivity index (χ4n) is 3.24. The minimum Gasteiger partial charge on any atom is -0.427 e. The molecule has 0 radical (unpaired) electrons. The van der Waals surface area contributed by atoms with Crippen molar-refractivity contribution in [3.8, 4) is 6.07 Å². The molecular formula is C20H22F2IN5O4. The highest BCUT2D eigenvalue weighted by molar-refractivity contribution is 14.1. The standard InChI is InChI=1S/C20H22F2IN5O4/c1-2-3-4-5-15(29)27(12-32-20(30)26-6-8-31-9-7-26)19-25-17-14(21)10-13(11-24)16(22)18(17)28(19)23/h10H,2-9,12H2,1H3. The Bertz CT molecular complexity index is 1050. The molecule has 0 spiro atoms. The molecule has 1 aliphatic rings. The molecule has 1 fully saturated rings. The van der Waals surface area contributed by atoms with E-state index in [-0.39, 0.29) is 23.4 Å². The van der Waals surface area contributed by atoms with Crippen LogP contribution < -0.4 is 4.90 Å². The first-order chi connectivity index (χ1) is 15.4. The Hall–Kier alpha value is -2.53. The molecule has 12 heteroatoms. The summed E-state index contributed by atoms with van der Waals surface area (Å²) in [6, 6.07) is 2.36. The highest BCUT2D eigenvalue weighted by atomic mass is 127. The number of rotatable bonds is 7. The Labute approximate surface area is 197 Å². The van der Waals surface area contributed by atoms with Gasteiger partial charge < -0.3 is 14.4 Å². The molecule has 1 aromatic carbocycles. The van der Waals surface area contributed by atoms with Crippen molar-refractivity contribution in [2.24, 2.45) is 0 Å². The number of hydrogen-bond donors (Lipinski definition) is 0. The highest BCUT2D eigenvalue weighted by Crippen LogP contribution is 2.31. The predicted molar refractivity (Wildman–Crippen MR) is 119 cm³/mol. The molecule has 172 valence electrons. The zero-order valence-electron chi connectivity index (χ0n) is 17.4. The zero-order chi connectivity index (χ0) is 23.3. The number of carbonyl (C=O) groups excluding carboxylic acids is 2. The van der Waals surface area contributed by atoms with Gasteiger partial charge in [-0.25, -0.2) is 26.2 Å². The number of benzene rings is 1. The van der Waals surface area contributed by atoms with Crippen LogP contribution in [0.2, 0.25) is 0 Å². The average molecular weight is 561 g/mol. The summed E-state index contributed by atoms with van der Waals surface area (Å²) in [7, 11) is 0. The summed E-state index contributed by atoms with van der Waals surface area (Å²) in [6.45, 7) is 3.02. The minimum atomic E-state index is -0.944.